The molecular formula is C30H31N2O+. The van der Waals surface area contributed by atoms with Gasteiger partial charge in [-0.05, 0) is 65.5 Å². The van der Waals surface area contributed by atoms with E-state index in [1.165, 1.54) is 34.9 Å². The fraction of sp³-hybridized carbons (Fsp3) is 0.333. The molecule has 0 N–H and O–H groups in total. The number of aromatic nitrogens is 2. The van der Waals surface area contributed by atoms with Gasteiger partial charge in [0, 0.05) is 34.5 Å². The van der Waals surface area contributed by atoms with Crippen LogP contribution in [0.2, 0.25) is 0 Å². The minimum Gasteiger partial charge on any atom is -0.455 e. The maximum absolute atomic E-state index is 6.65. The summed E-state index contributed by atoms with van der Waals surface area (Å²) in [6.45, 7) is 11.6. The number of hydrogen-bond donors (Lipinski definition) is 0. The molecule has 0 saturated carbocycles. The van der Waals surface area contributed by atoms with Gasteiger partial charge in [-0.1, -0.05) is 39.8 Å². The molecular weight excluding hydrogens is 404 g/mol. The fourth-order valence-electron chi connectivity index (χ4n) is 5.85. The molecule has 0 saturated heterocycles. The van der Waals surface area contributed by atoms with Crippen LogP contribution in [0, 0.1) is 6.92 Å². The third kappa shape index (κ3) is 2.88. The van der Waals surface area contributed by atoms with Crippen molar-refractivity contribution in [3.63, 3.8) is 0 Å². The van der Waals surface area contributed by atoms with Gasteiger partial charge in [0.2, 0.25) is 5.69 Å². The van der Waals surface area contributed by atoms with E-state index in [2.05, 4.69) is 101 Å². The van der Waals surface area contributed by atoms with E-state index in [0.717, 1.165) is 38.7 Å². The zero-order valence-electron chi connectivity index (χ0n) is 20.4. The Morgan fingerprint density at radius 2 is 1.70 bits per heavy atom. The van der Waals surface area contributed by atoms with Crippen LogP contribution in [0.1, 0.15) is 57.2 Å². The van der Waals surface area contributed by atoms with E-state index in [1.807, 2.05) is 0 Å². The number of pyridine rings is 2. The first-order chi connectivity index (χ1) is 15.7. The Kier molecular flexibility index (Phi) is 4.12. The van der Waals surface area contributed by atoms with Crippen LogP contribution in [0.25, 0.3) is 44.1 Å². The monoisotopic (exact) mass is 435 g/mol. The second-order valence-corrected chi connectivity index (χ2v) is 11.1. The molecule has 0 unspecified atom stereocenters. The standard InChI is InChI=1S/C30H31N2O/c1-18-10-11-19-20-15-23-21(27-22(17-31-23)29(2,3)12-13-30(27,4)5)16-25(20)33-28(19)26(18)24-9-7-8-14-32(24)6/h7-11,14-17H,12-13H2,1-6H3/q+1. The summed E-state index contributed by atoms with van der Waals surface area (Å²) in [5, 5.41) is 3.52. The van der Waals surface area contributed by atoms with Crippen molar-refractivity contribution < 1.29 is 8.98 Å². The first kappa shape index (κ1) is 20.4. The predicted octanol–water partition coefficient (Wildman–Crippen LogP) is 7.28. The lowest BCUT2D eigenvalue weighted by Gasteiger charge is -2.42. The second-order valence-electron chi connectivity index (χ2n) is 11.1. The summed E-state index contributed by atoms with van der Waals surface area (Å²) in [5.74, 6) is 0. The average molecular weight is 436 g/mol. The van der Waals surface area contributed by atoms with Gasteiger partial charge >= 0.3 is 0 Å². The molecule has 1 aliphatic rings. The quantitative estimate of drug-likeness (QED) is 0.259. The smallest absolute Gasteiger partial charge is 0.216 e. The third-order valence-electron chi connectivity index (χ3n) is 7.93. The second kappa shape index (κ2) is 6.66. The fourth-order valence-corrected chi connectivity index (χ4v) is 5.85. The average Bonchev–Trinajstić information content (AvgIpc) is 3.13. The molecule has 0 bridgehead atoms. The molecule has 33 heavy (non-hydrogen) atoms. The molecule has 6 rings (SSSR count). The zero-order chi connectivity index (χ0) is 23.1. The summed E-state index contributed by atoms with van der Waals surface area (Å²) in [4.78, 5) is 4.96. The molecule has 0 aliphatic heterocycles. The molecule has 3 heterocycles. The van der Waals surface area contributed by atoms with Crippen LogP contribution in [-0.2, 0) is 17.9 Å². The Morgan fingerprint density at radius 3 is 2.48 bits per heavy atom. The van der Waals surface area contributed by atoms with E-state index >= 15 is 0 Å². The van der Waals surface area contributed by atoms with Gasteiger partial charge < -0.3 is 4.42 Å². The molecule has 3 aromatic heterocycles. The van der Waals surface area contributed by atoms with E-state index in [0.29, 0.717) is 0 Å². The van der Waals surface area contributed by atoms with Crippen molar-refractivity contribution in [2.75, 3.05) is 0 Å². The molecule has 0 fully saturated rings. The summed E-state index contributed by atoms with van der Waals surface area (Å²) >= 11 is 0. The highest BCUT2D eigenvalue weighted by atomic mass is 16.3. The SMILES string of the molecule is Cc1ccc2c(oc3cc4c5c(cnc4cc32)C(C)(C)CCC5(C)C)c1-c1cccc[n+]1C. The Bertz CT molecular complexity index is 1590. The van der Waals surface area contributed by atoms with Crippen LogP contribution in [-0.4, -0.2) is 4.98 Å². The van der Waals surface area contributed by atoms with Crippen molar-refractivity contribution in [3.05, 3.63) is 71.5 Å². The Hall–Kier alpha value is -3.20. The maximum Gasteiger partial charge on any atom is 0.216 e. The molecule has 0 radical (unpaired) electrons. The summed E-state index contributed by atoms with van der Waals surface area (Å²) in [5.41, 5.74) is 9.56. The van der Waals surface area contributed by atoms with Gasteiger partial charge in [-0.2, -0.15) is 0 Å². The van der Waals surface area contributed by atoms with Crippen molar-refractivity contribution in [3.8, 4) is 11.3 Å². The van der Waals surface area contributed by atoms with Crippen molar-refractivity contribution in [1.82, 2.24) is 4.98 Å². The third-order valence-corrected chi connectivity index (χ3v) is 7.93. The predicted molar refractivity (Wildman–Crippen MR) is 136 cm³/mol. The normalized spacial score (nSPS) is 17.0. The summed E-state index contributed by atoms with van der Waals surface area (Å²) in [6.07, 6.45) is 6.58. The molecule has 5 aromatic rings. The minimum absolute atomic E-state index is 0.116. The highest BCUT2D eigenvalue weighted by molar-refractivity contribution is 6.13. The lowest BCUT2D eigenvalue weighted by Crippen LogP contribution is -2.34. The van der Waals surface area contributed by atoms with E-state index in [-0.39, 0.29) is 10.8 Å². The van der Waals surface area contributed by atoms with Gasteiger partial charge in [-0.3, -0.25) is 4.98 Å². The van der Waals surface area contributed by atoms with Crippen LogP contribution in [0.5, 0.6) is 0 Å². The van der Waals surface area contributed by atoms with Crippen LogP contribution in [0.15, 0.2) is 59.3 Å². The summed E-state index contributed by atoms with van der Waals surface area (Å²) < 4.78 is 8.81. The first-order valence-corrected chi connectivity index (χ1v) is 11.9. The van der Waals surface area contributed by atoms with E-state index in [9.17, 15) is 0 Å². The molecule has 2 aromatic carbocycles. The van der Waals surface area contributed by atoms with Gasteiger partial charge in [0.1, 0.15) is 18.2 Å². The summed E-state index contributed by atoms with van der Waals surface area (Å²) in [6, 6.07) is 15.2. The lowest BCUT2D eigenvalue weighted by atomic mass is 9.63. The molecule has 0 atom stereocenters. The van der Waals surface area contributed by atoms with Crippen molar-refractivity contribution >= 4 is 32.8 Å². The van der Waals surface area contributed by atoms with Gasteiger partial charge in [0.25, 0.3) is 0 Å². The number of hydrogen-bond acceptors (Lipinski definition) is 2. The van der Waals surface area contributed by atoms with E-state index < -0.39 is 0 Å². The largest absolute Gasteiger partial charge is 0.455 e. The molecule has 0 spiro atoms. The Labute approximate surface area is 195 Å². The van der Waals surface area contributed by atoms with Gasteiger partial charge in [-0.25, -0.2) is 4.57 Å². The molecule has 3 heteroatoms. The van der Waals surface area contributed by atoms with Crippen LogP contribution >= 0.6 is 0 Å². The first-order valence-electron chi connectivity index (χ1n) is 11.9. The number of rotatable bonds is 1. The maximum atomic E-state index is 6.65. The van der Waals surface area contributed by atoms with Crippen LogP contribution in [0.3, 0.4) is 0 Å². The van der Waals surface area contributed by atoms with E-state index in [1.54, 1.807) is 0 Å². The highest BCUT2D eigenvalue weighted by Gasteiger charge is 2.38. The topological polar surface area (TPSA) is 29.9 Å². The van der Waals surface area contributed by atoms with Gasteiger partial charge in [0.15, 0.2) is 6.20 Å². The van der Waals surface area contributed by atoms with Gasteiger partial charge in [-0.15, -0.1) is 0 Å². The number of nitrogens with zero attached hydrogens (tertiary/aromatic N) is 2. The number of fused-ring (bicyclic) bond motifs is 6. The van der Waals surface area contributed by atoms with Crippen molar-refractivity contribution in [1.29, 1.82) is 0 Å². The lowest BCUT2D eigenvalue weighted by molar-refractivity contribution is -0.660. The number of furan rings is 1. The Balaban J connectivity index is 1.72. The molecule has 3 nitrogen and oxygen atoms in total. The Morgan fingerprint density at radius 1 is 0.909 bits per heavy atom. The van der Waals surface area contributed by atoms with Crippen molar-refractivity contribution in [2.24, 2.45) is 7.05 Å². The van der Waals surface area contributed by atoms with Crippen LogP contribution < -0.4 is 4.57 Å². The summed E-state index contributed by atoms with van der Waals surface area (Å²) in [7, 11) is 2.09. The van der Waals surface area contributed by atoms with Crippen LogP contribution in [0.4, 0.5) is 0 Å². The molecule has 166 valence electrons. The molecule has 1 aliphatic carbocycles. The minimum atomic E-state index is 0.116. The zero-order valence-corrected chi connectivity index (χ0v) is 20.4. The number of aryl methyl sites for hydroxylation is 2. The highest BCUT2D eigenvalue weighted by Crippen LogP contribution is 2.49. The van der Waals surface area contributed by atoms with E-state index in [4.69, 9.17) is 9.40 Å². The number of benzene rings is 2. The molecule has 0 amide bonds. The van der Waals surface area contributed by atoms with Crippen molar-refractivity contribution in [2.45, 2.75) is 58.3 Å². The van der Waals surface area contributed by atoms with Gasteiger partial charge in [0.05, 0.1) is 11.1 Å².